The van der Waals surface area contributed by atoms with Gasteiger partial charge in [0, 0.05) is 11.4 Å². The van der Waals surface area contributed by atoms with Gasteiger partial charge in [0.1, 0.15) is 0 Å². The number of carbonyl (C=O) groups excluding carboxylic acids is 2. The van der Waals surface area contributed by atoms with Gasteiger partial charge in [-0.1, -0.05) is 0 Å². The van der Waals surface area contributed by atoms with Crippen LogP contribution in [0.15, 0.2) is 0 Å². The third-order valence-electron chi connectivity index (χ3n) is 1.88. The van der Waals surface area contributed by atoms with Gasteiger partial charge < -0.3 is 20.3 Å². The van der Waals surface area contributed by atoms with Crippen molar-refractivity contribution in [1.82, 2.24) is 0 Å². The van der Waals surface area contributed by atoms with Crippen molar-refractivity contribution in [3.8, 4) is 0 Å². The van der Waals surface area contributed by atoms with Crippen molar-refractivity contribution in [3.63, 3.8) is 0 Å². The van der Waals surface area contributed by atoms with E-state index in [9.17, 15) is 9.59 Å². The van der Waals surface area contributed by atoms with Crippen LogP contribution in [0.25, 0.3) is 0 Å². The second-order valence-corrected chi connectivity index (χ2v) is 4.06. The largest absolute Gasteiger partial charge is 0.465 e. The molecule has 0 amide bonds. The van der Waals surface area contributed by atoms with Crippen LogP contribution in [-0.4, -0.2) is 36.6 Å². The van der Waals surface area contributed by atoms with Crippen LogP contribution >= 0.6 is 0 Å². The SMILES string of the molecule is CC(=N)CC(=O)OCCCCOC(=O)CC(C)=N. The van der Waals surface area contributed by atoms with Gasteiger partial charge in [0.2, 0.25) is 0 Å². The number of rotatable bonds is 9. The molecule has 0 aromatic carbocycles. The molecule has 102 valence electrons. The summed E-state index contributed by atoms with van der Waals surface area (Å²) in [5, 5.41) is 14.2. The minimum atomic E-state index is -0.404. The average Bonchev–Trinajstić information content (AvgIpc) is 2.20. The Labute approximate surface area is 107 Å². The second kappa shape index (κ2) is 9.32. The van der Waals surface area contributed by atoms with Gasteiger partial charge in [-0.3, -0.25) is 9.59 Å². The molecule has 0 aliphatic rings. The Hall–Kier alpha value is -1.72. The molecule has 0 aromatic heterocycles. The molecule has 0 bridgehead atoms. The molecule has 0 aliphatic heterocycles. The van der Waals surface area contributed by atoms with Crippen molar-refractivity contribution in [1.29, 1.82) is 10.8 Å². The molecule has 0 aromatic rings. The highest BCUT2D eigenvalue weighted by molar-refractivity contribution is 5.96. The number of nitrogens with one attached hydrogen (secondary N) is 2. The van der Waals surface area contributed by atoms with Crippen LogP contribution in [0, 0.1) is 10.8 Å². The molecule has 0 aliphatic carbocycles. The molecule has 6 heteroatoms. The molecule has 0 saturated carbocycles. The molecule has 6 nitrogen and oxygen atoms in total. The van der Waals surface area contributed by atoms with E-state index in [0.29, 0.717) is 12.8 Å². The summed E-state index contributed by atoms with van der Waals surface area (Å²) in [6.45, 7) is 3.64. The first-order valence-corrected chi connectivity index (χ1v) is 5.81. The Morgan fingerprint density at radius 3 is 1.44 bits per heavy atom. The summed E-state index contributed by atoms with van der Waals surface area (Å²) in [4.78, 5) is 22.1. The molecule has 0 radical (unpaired) electrons. The molecular weight excluding hydrogens is 236 g/mol. The Kier molecular flexibility index (Phi) is 8.43. The summed E-state index contributed by atoms with van der Waals surface area (Å²) in [5.41, 5.74) is 0.548. The molecule has 0 atom stereocenters. The maximum absolute atomic E-state index is 11.0. The summed E-state index contributed by atoms with van der Waals surface area (Å²) in [7, 11) is 0. The van der Waals surface area contributed by atoms with E-state index in [1.54, 1.807) is 13.8 Å². The van der Waals surface area contributed by atoms with E-state index in [1.807, 2.05) is 0 Å². The normalized spacial score (nSPS) is 9.67. The lowest BCUT2D eigenvalue weighted by molar-refractivity contribution is -0.144. The highest BCUT2D eigenvalue weighted by Crippen LogP contribution is 1.96. The summed E-state index contributed by atoms with van der Waals surface area (Å²) >= 11 is 0. The number of carbonyl (C=O) groups is 2. The topological polar surface area (TPSA) is 100 Å². The van der Waals surface area contributed by atoms with Crippen LogP contribution in [0.2, 0.25) is 0 Å². The number of esters is 2. The molecule has 0 rings (SSSR count). The third kappa shape index (κ3) is 10.8. The second-order valence-electron chi connectivity index (χ2n) is 4.06. The van der Waals surface area contributed by atoms with E-state index < -0.39 is 11.9 Å². The van der Waals surface area contributed by atoms with Crippen LogP contribution in [0.5, 0.6) is 0 Å². The first kappa shape index (κ1) is 16.3. The Bertz CT molecular complexity index is 294. The van der Waals surface area contributed by atoms with Crippen molar-refractivity contribution in [3.05, 3.63) is 0 Å². The van der Waals surface area contributed by atoms with Gasteiger partial charge in [0.25, 0.3) is 0 Å². The summed E-state index contributed by atoms with van der Waals surface area (Å²) < 4.78 is 9.74. The molecule has 0 spiro atoms. The van der Waals surface area contributed by atoms with Gasteiger partial charge in [-0.2, -0.15) is 0 Å². The summed E-state index contributed by atoms with van der Waals surface area (Å²) in [6, 6.07) is 0. The monoisotopic (exact) mass is 256 g/mol. The first-order valence-electron chi connectivity index (χ1n) is 5.81. The smallest absolute Gasteiger partial charge is 0.311 e. The lowest BCUT2D eigenvalue weighted by Crippen LogP contribution is -2.11. The van der Waals surface area contributed by atoms with E-state index >= 15 is 0 Å². The number of ether oxygens (including phenoxy) is 2. The summed E-state index contributed by atoms with van der Waals surface area (Å²) in [6.07, 6.45) is 1.26. The van der Waals surface area contributed by atoms with E-state index in [1.165, 1.54) is 0 Å². The van der Waals surface area contributed by atoms with Gasteiger partial charge in [0.15, 0.2) is 0 Å². The van der Waals surface area contributed by atoms with Crippen LogP contribution in [-0.2, 0) is 19.1 Å². The van der Waals surface area contributed by atoms with E-state index in [-0.39, 0.29) is 37.5 Å². The van der Waals surface area contributed by atoms with Crippen molar-refractivity contribution >= 4 is 23.4 Å². The predicted octanol–water partition coefficient (Wildman–Crippen LogP) is 1.71. The predicted molar refractivity (Wildman–Crippen MR) is 67.2 cm³/mol. The number of unbranched alkanes of at least 4 members (excludes halogenated alkanes) is 1. The Morgan fingerprint density at radius 1 is 0.833 bits per heavy atom. The Balaban J connectivity index is 3.41. The van der Waals surface area contributed by atoms with Crippen LogP contribution in [0.1, 0.15) is 39.5 Å². The number of hydrogen-bond donors (Lipinski definition) is 2. The summed E-state index contributed by atoms with van der Waals surface area (Å²) in [5.74, 6) is -0.808. The zero-order valence-electron chi connectivity index (χ0n) is 10.9. The zero-order valence-corrected chi connectivity index (χ0v) is 10.9. The molecule has 0 fully saturated rings. The van der Waals surface area contributed by atoms with Gasteiger partial charge in [-0.15, -0.1) is 0 Å². The van der Waals surface area contributed by atoms with Crippen molar-refractivity contribution in [2.75, 3.05) is 13.2 Å². The fourth-order valence-corrected chi connectivity index (χ4v) is 1.11. The number of hydrogen-bond acceptors (Lipinski definition) is 6. The van der Waals surface area contributed by atoms with E-state index in [2.05, 4.69) is 0 Å². The highest BCUT2D eigenvalue weighted by Gasteiger charge is 2.05. The highest BCUT2D eigenvalue weighted by atomic mass is 16.5. The lowest BCUT2D eigenvalue weighted by Gasteiger charge is -2.05. The first-order chi connectivity index (χ1) is 8.41. The van der Waals surface area contributed by atoms with Gasteiger partial charge >= 0.3 is 11.9 Å². The molecule has 0 saturated heterocycles. The fraction of sp³-hybridized carbons (Fsp3) is 0.667. The van der Waals surface area contributed by atoms with Crippen molar-refractivity contribution in [2.45, 2.75) is 39.5 Å². The Morgan fingerprint density at radius 2 is 1.17 bits per heavy atom. The quantitative estimate of drug-likeness (QED) is 0.372. The third-order valence-corrected chi connectivity index (χ3v) is 1.88. The average molecular weight is 256 g/mol. The van der Waals surface area contributed by atoms with Crippen LogP contribution in [0.4, 0.5) is 0 Å². The maximum atomic E-state index is 11.0. The van der Waals surface area contributed by atoms with Crippen molar-refractivity contribution in [2.24, 2.45) is 0 Å². The van der Waals surface area contributed by atoms with Gasteiger partial charge in [0.05, 0.1) is 26.1 Å². The molecule has 0 unspecified atom stereocenters. The van der Waals surface area contributed by atoms with Gasteiger partial charge in [-0.25, -0.2) is 0 Å². The standard InChI is InChI=1S/C12H20N2O4/c1-9(13)7-11(15)17-5-3-4-6-18-12(16)8-10(2)14/h13-14H,3-8H2,1-2H3. The zero-order chi connectivity index (χ0) is 14.0. The van der Waals surface area contributed by atoms with E-state index in [0.717, 1.165) is 0 Å². The molecular formula is C12H20N2O4. The molecule has 0 heterocycles. The lowest BCUT2D eigenvalue weighted by atomic mass is 10.3. The van der Waals surface area contributed by atoms with Crippen LogP contribution in [0.3, 0.4) is 0 Å². The maximum Gasteiger partial charge on any atom is 0.311 e. The fourth-order valence-electron chi connectivity index (χ4n) is 1.11. The minimum Gasteiger partial charge on any atom is -0.465 e. The van der Waals surface area contributed by atoms with E-state index in [4.69, 9.17) is 20.3 Å². The molecule has 18 heavy (non-hydrogen) atoms. The van der Waals surface area contributed by atoms with Gasteiger partial charge in [-0.05, 0) is 26.7 Å². The van der Waals surface area contributed by atoms with Crippen molar-refractivity contribution < 1.29 is 19.1 Å². The van der Waals surface area contributed by atoms with Crippen LogP contribution < -0.4 is 0 Å². The minimum absolute atomic E-state index is 0.0214. The molecule has 2 N–H and O–H groups in total.